The van der Waals surface area contributed by atoms with Crippen molar-refractivity contribution in [2.24, 2.45) is 16.8 Å². The van der Waals surface area contributed by atoms with Gasteiger partial charge in [0.2, 0.25) is 0 Å². The summed E-state index contributed by atoms with van der Waals surface area (Å²) in [6.07, 6.45) is 1.96. The molecule has 4 N–H and O–H groups in total. The molecule has 0 saturated heterocycles. The highest BCUT2D eigenvalue weighted by molar-refractivity contribution is 9.10. The molecule has 102 valence electrons. The number of rotatable bonds is 4. The number of carbonyl (C=O) groups excluding carboxylic acids is 1. The van der Waals surface area contributed by atoms with E-state index < -0.39 is 6.04 Å². The zero-order chi connectivity index (χ0) is 14.0. The summed E-state index contributed by atoms with van der Waals surface area (Å²) in [4.78, 5) is 12.2. The van der Waals surface area contributed by atoms with Crippen LogP contribution in [0.2, 0.25) is 0 Å². The maximum Gasteiger partial charge on any atom is 0.253 e. The van der Waals surface area contributed by atoms with Gasteiger partial charge < -0.3 is 16.3 Å². The summed E-state index contributed by atoms with van der Waals surface area (Å²) in [6.45, 7) is 1.92. The molecule has 0 radical (unpaired) electrons. The lowest BCUT2D eigenvalue weighted by atomic mass is 10.1. The van der Waals surface area contributed by atoms with E-state index in [4.69, 9.17) is 10.9 Å². The standard InChI is InChI=1S/C13H16BrN3O2/c1-7-2-5-10(14)9(6-7)13(18)16-11(8-3-4-8)12(15)17-19/h2,5-6,8,11,19H,3-4H2,1H3,(H2,15,17)(H,16,18). The van der Waals surface area contributed by atoms with Crippen LogP contribution in [0.3, 0.4) is 0 Å². The van der Waals surface area contributed by atoms with Gasteiger partial charge in [-0.25, -0.2) is 0 Å². The minimum Gasteiger partial charge on any atom is -0.409 e. The van der Waals surface area contributed by atoms with Gasteiger partial charge in [-0.2, -0.15) is 0 Å². The van der Waals surface area contributed by atoms with Crippen LogP contribution in [0, 0.1) is 12.8 Å². The average molecular weight is 326 g/mol. The summed E-state index contributed by atoms with van der Waals surface area (Å²) in [5.41, 5.74) is 7.18. The van der Waals surface area contributed by atoms with Gasteiger partial charge in [0.15, 0.2) is 5.84 Å². The normalized spacial score (nSPS) is 17.1. The van der Waals surface area contributed by atoms with Crippen molar-refractivity contribution in [3.05, 3.63) is 33.8 Å². The summed E-state index contributed by atoms with van der Waals surface area (Å²) < 4.78 is 0.727. The van der Waals surface area contributed by atoms with Gasteiger partial charge in [0.05, 0.1) is 11.6 Å². The lowest BCUT2D eigenvalue weighted by Crippen LogP contribution is -2.46. The molecule has 1 amide bonds. The lowest BCUT2D eigenvalue weighted by Gasteiger charge is -2.17. The highest BCUT2D eigenvalue weighted by Crippen LogP contribution is 2.33. The predicted molar refractivity (Wildman–Crippen MR) is 76.3 cm³/mol. The van der Waals surface area contributed by atoms with Gasteiger partial charge in [0.25, 0.3) is 5.91 Å². The van der Waals surface area contributed by atoms with Crippen molar-refractivity contribution in [3.63, 3.8) is 0 Å². The lowest BCUT2D eigenvalue weighted by molar-refractivity contribution is 0.0942. The van der Waals surface area contributed by atoms with Crippen molar-refractivity contribution in [1.82, 2.24) is 5.32 Å². The van der Waals surface area contributed by atoms with Gasteiger partial charge in [-0.15, -0.1) is 0 Å². The maximum absolute atomic E-state index is 12.2. The fourth-order valence-corrected chi connectivity index (χ4v) is 2.38. The summed E-state index contributed by atoms with van der Waals surface area (Å²) in [6, 6.07) is 5.16. The van der Waals surface area contributed by atoms with Crippen molar-refractivity contribution < 1.29 is 10.0 Å². The van der Waals surface area contributed by atoms with Crippen LogP contribution in [0.15, 0.2) is 27.8 Å². The number of nitrogens with two attached hydrogens (primary N) is 1. The van der Waals surface area contributed by atoms with Gasteiger partial charge in [-0.1, -0.05) is 16.8 Å². The topological polar surface area (TPSA) is 87.7 Å². The van der Waals surface area contributed by atoms with Crippen molar-refractivity contribution >= 4 is 27.7 Å². The Morgan fingerprint density at radius 1 is 1.58 bits per heavy atom. The smallest absolute Gasteiger partial charge is 0.253 e. The predicted octanol–water partition coefficient (Wildman–Crippen LogP) is 2.01. The Morgan fingerprint density at radius 3 is 2.84 bits per heavy atom. The van der Waals surface area contributed by atoms with Crippen LogP contribution in [-0.4, -0.2) is 23.0 Å². The molecule has 5 nitrogen and oxygen atoms in total. The number of hydrogen-bond acceptors (Lipinski definition) is 3. The SMILES string of the molecule is Cc1ccc(Br)c(C(=O)NC(/C(N)=N/O)C2CC2)c1. The molecule has 2 rings (SSSR count). The first-order valence-electron chi connectivity index (χ1n) is 6.07. The molecule has 1 aliphatic carbocycles. The Hall–Kier alpha value is -1.56. The van der Waals surface area contributed by atoms with Crippen molar-refractivity contribution in [3.8, 4) is 0 Å². The van der Waals surface area contributed by atoms with Crippen LogP contribution >= 0.6 is 15.9 Å². The molecule has 1 fully saturated rings. The maximum atomic E-state index is 12.2. The molecule has 19 heavy (non-hydrogen) atoms. The average Bonchev–Trinajstić information content (AvgIpc) is 3.22. The van der Waals surface area contributed by atoms with Crippen LogP contribution < -0.4 is 11.1 Å². The third kappa shape index (κ3) is 3.26. The second-order valence-corrected chi connectivity index (χ2v) is 5.65. The second-order valence-electron chi connectivity index (χ2n) is 4.80. The highest BCUT2D eigenvalue weighted by Gasteiger charge is 2.35. The summed E-state index contributed by atoms with van der Waals surface area (Å²) >= 11 is 3.36. The van der Waals surface area contributed by atoms with Gasteiger partial charge in [0, 0.05) is 4.47 Å². The highest BCUT2D eigenvalue weighted by atomic mass is 79.9. The molecule has 6 heteroatoms. The van der Waals surface area contributed by atoms with E-state index in [1.165, 1.54) is 0 Å². The minimum atomic E-state index is -0.398. The zero-order valence-corrected chi connectivity index (χ0v) is 12.1. The third-order valence-corrected chi connectivity index (χ3v) is 3.87. The Bertz CT molecular complexity index is 527. The number of carbonyl (C=O) groups is 1. The van der Waals surface area contributed by atoms with Crippen LogP contribution in [0.5, 0.6) is 0 Å². The molecule has 1 saturated carbocycles. The fourth-order valence-electron chi connectivity index (χ4n) is 1.96. The molecular weight excluding hydrogens is 310 g/mol. The molecule has 1 aromatic carbocycles. The van der Waals surface area contributed by atoms with E-state index in [1.54, 1.807) is 6.07 Å². The number of nitrogens with one attached hydrogen (secondary N) is 1. The van der Waals surface area contributed by atoms with Crippen LogP contribution in [0.4, 0.5) is 0 Å². The fraction of sp³-hybridized carbons (Fsp3) is 0.385. The van der Waals surface area contributed by atoms with Crippen LogP contribution in [-0.2, 0) is 0 Å². The Kier molecular flexibility index (Phi) is 4.09. The van der Waals surface area contributed by atoms with E-state index in [0.29, 0.717) is 5.56 Å². The van der Waals surface area contributed by atoms with Crippen molar-refractivity contribution in [1.29, 1.82) is 0 Å². The molecule has 1 aliphatic rings. The van der Waals surface area contributed by atoms with E-state index in [2.05, 4.69) is 26.4 Å². The van der Waals surface area contributed by atoms with Crippen LogP contribution in [0.25, 0.3) is 0 Å². The quantitative estimate of drug-likeness (QED) is 0.342. The Labute approximate surface area is 120 Å². The first kappa shape index (κ1) is 13.9. The molecule has 1 unspecified atom stereocenters. The molecule has 0 bridgehead atoms. The van der Waals surface area contributed by atoms with E-state index in [0.717, 1.165) is 22.9 Å². The first-order chi connectivity index (χ1) is 9.02. The number of aryl methyl sites for hydroxylation is 1. The molecule has 0 aromatic heterocycles. The van der Waals surface area contributed by atoms with Crippen LogP contribution in [0.1, 0.15) is 28.8 Å². The first-order valence-corrected chi connectivity index (χ1v) is 6.86. The summed E-state index contributed by atoms with van der Waals surface area (Å²) in [7, 11) is 0. The van der Waals surface area contributed by atoms with Gasteiger partial charge in [0.1, 0.15) is 0 Å². The van der Waals surface area contributed by atoms with Crippen molar-refractivity contribution in [2.75, 3.05) is 0 Å². The largest absolute Gasteiger partial charge is 0.409 e. The molecule has 0 aliphatic heterocycles. The number of halogens is 1. The summed E-state index contributed by atoms with van der Waals surface area (Å²) in [5.74, 6) is 0.0992. The van der Waals surface area contributed by atoms with E-state index >= 15 is 0 Å². The number of amides is 1. The molecular formula is C13H16BrN3O2. The Balaban J connectivity index is 2.17. The van der Waals surface area contributed by atoms with E-state index in [-0.39, 0.29) is 17.7 Å². The monoisotopic (exact) mass is 325 g/mol. The molecule has 0 heterocycles. The van der Waals surface area contributed by atoms with E-state index in [9.17, 15) is 4.79 Å². The van der Waals surface area contributed by atoms with Gasteiger partial charge in [-0.3, -0.25) is 4.79 Å². The second kappa shape index (κ2) is 5.61. The van der Waals surface area contributed by atoms with Gasteiger partial charge in [-0.05, 0) is 53.7 Å². The number of amidine groups is 1. The molecule has 1 atom stereocenters. The molecule has 1 aromatic rings. The zero-order valence-electron chi connectivity index (χ0n) is 10.6. The number of nitrogens with zero attached hydrogens (tertiary/aromatic N) is 1. The number of hydrogen-bond donors (Lipinski definition) is 3. The number of benzene rings is 1. The minimum absolute atomic E-state index is 0.0552. The summed E-state index contributed by atoms with van der Waals surface area (Å²) in [5, 5.41) is 14.6. The van der Waals surface area contributed by atoms with E-state index in [1.807, 2.05) is 19.1 Å². The number of oxime groups is 1. The molecule has 0 spiro atoms. The third-order valence-electron chi connectivity index (χ3n) is 3.18. The van der Waals surface area contributed by atoms with Gasteiger partial charge >= 0.3 is 0 Å². The van der Waals surface area contributed by atoms with Crippen molar-refractivity contribution in [2.45, 2.75) is 25.8 Å². The Morgan fingerprint density at radius 2 is 2.26 bits per heavy atom.